The van der Waals surface area contributed by atoms with E-state index < -0.39 is 5.60 Å². The fraction of sp³-hybridized carbons (Fsp3) is 0.615. The molecule has 1 saturated carbocycles. The van der Waals surface area contributed by atoms with Gasteiger partial charge >= 0.3 is 5.97 Å². The molecule has 0 bridgehead atoms. The lowest BCUT2D eigenvalue weighted by atomic mass is 9.82. The molecule has 1 aliphatic rings. The summed E-state index contributed by atoms with van der Waals surface area (Å²) >= 11 is 3.83. The highest BCUT2D eigenvalue weighted by molar-refractivity contribution is 9.10. The summed E-state index contributed by atoms with van der Waals surface area (Å²) in [6.45, 7) is 9.48. The average molecular weight is 505 g/mol. The highest BCUT2D eigenvalue weighted by Gasteiger charge is 2.25. The second-order valence-corrected chi connectivity index (χ2v) is 10.7. The molecule has 0 atom stereocenters. The van der Waals surface area contributed by atoms with Crippen LogP contribution in [0.3, 0.4) is 0 Å². The van der Waals surface area contributed by atoms with Gasteiger partial charge < -0.3 is 9.47 Å². The number of carbonyl (C=O) groups excluding carboxylic acids is 1. The first-order valence-electron chi connectivity index (χ1n) is 11.9. The molecule has 3 rings (SSSR count). The number of hydrogen-bond donors (Lipinski definition) is 0. The van der Waals surface area contributed by atoms with E-state index in [1.807, 2.05) is 26.8 Å². The van der Waals surface area contributed by atoms with Crippen molar-refractivity contribution < 1.29 is 14.3 Å². The SMILES string of the molecule is CCCc1c(Br)c(-c2ccccc2)nn1CC1CCC(COCC(=O)OC(C)(C)C)CC1. The maximum absolute atomic E-state index is 11.8. The van der Waals surface area contributed by atoms with Crippen LogP contribution in [0.25, 0.3) is 11.3 Å². The molecule has 0 N–H and O–H groups in total. The molecule has 1 heterocycles. The molecule has 1 aromatic carbocycles. The van der Waals surface area contributed by atoms with Gasteiger partial charge in [-0.2, -0.15) is 5.10 Å². The van der Waals surface area contributed by atoms with E-state index in [0.29, 0.717) is 18.4 Å². The monoisotopic (exact) mass is 504 g/mol. The molecule has 0 amide bonds. The van der Waals surface area contributed by atoms with Gasteiger partial charge in [0.1, 0.15) is 17.9 Å². The Morgan fingerprint density at radius 1 is 1.12 bits per heavy atom. The zero-order valence-electron chi connectivity index (χ0n) is 19.9. The Morgan fingerprint density at radius 3 is 2.41 bits per heavy atom. The van der Waals surface area contributed by atoms with Crippen molar-refractivity contribution in [3.8, 4) is 11.3 Å². The fourth-order valence-corrected chi connectivity index (χ4v) is 5.10. The van der Waals surface area contributed by atoms with Crippen molar-refractivity contribution in [1.82, 2.24) is 9.78 Å². The smallest absolute Gasteiger partial charge is 0.332 e. The lowest BCUT2D eigenvalue weighted by molar-refractivity contribution is -0.160. The molecule has 0 aliphatic heterocycles. The molecule has 0 unspecified atom stereocenters. The van der Waals surface area contributed by atoms with Crippen LogP contribution in [0.5, 0.6) is 0 Å². The number of esters is 1. The van der Waals surface area contributed by atoms with Crippen LogP contribution in [0.1, 0.15) is 65.5 Å². The van der Waals surface area contributed by atoms with Gasteiger partial charge in [0.25, 0.3) is 0 Å². The minimum atomic E-state index is -0.461. The molecule has 0 saturated heterocycles. The lowest BCUT2D eigenvalue weighted by Gasteiger charge is -2.28. The van der Waals surface area contributed by atoms with Crippen LogP contribution >= 0.6 is 15.9 Å². The number of nitrogens with zero attached hydrogens (tertiary/aromatic N) is 2. The molecule has 0 spiro atoms. The molecule has 1 aliphatic carbocycles. The van der Waals surface area contributed by atoms with Crippen LogP contribution < -0.4 is 0 Å². The molecule has 0 radical (unpaired) electrons. The quantitative estimate of drug-likeness (QED) is 0.369. The first-order chi connectivity index (χ1) is 15.3. The summed E-state index contributed by atoms with van der Waals surface area (Å²) < 4.78 is 14.3. The Balaban J connectivity index is 1.52. The van der Waals surface area contributed by atoms with Crippen molar-refractivity contribution in [3.05, 3.63) is 40.5 Å². The number of ether oxygens (including phenoxy) is 2. The summed E-state index contributed by atoms with van der Waals surface area (Å²) in [7, 11) is 0. The summed E-state index contributed by atoms with van der Waals surface area (Å²) in [4.78, 5) is 11.8. The summed E-state index contributed by atoms with van der Waals surface area (Å²) in [6.07, 6.45) is 6.73. The Morgan fingerprint density at radius 2 is 1.78 bits per heavy atom. The largest absolute Gasteiger partial charge is 0.458 e. The highest BCUT2D eigenvalue weighted by Crippen LogP contribution is 2.34. The van der Waals surface area contributed by atoms with Crippen molar-refractivity contribution in [3.63, 3.8) is 0 Å². The molecular weight excluding hydrogens is 468 g/mol. The van der Waals surface area contributed by atoms with Gasteiger partial charge in [0.15, 0.2) is 0 Å². The van der Waals surface area contributed by atoms with Gasteiger partial charge in [-0.1, -0.05) is 43.7 Å². The van der Waals surface area contributed by atoms with Crippen LogP contribution in [0.2, 0.25) is 0 Å². The van der Waals surface area contributed by atoms with Crippen molar-refractivity contribution >= 4 is 21.9 Å². The van der Waals surface area contributed by atoms with Gasteiger partial charge in [-0.05, 0) is 80.6 Å². The van der Waals surface area contributed by atoms with Crippen molar-refractivity contribution in [2.45, 2.75) is 78.4 Å². The predicted molar refractivity (Wildman–Crippen MR) is 131 cm³/mol. The number of aromatic nitrogens is 2. The Labute approximate surface area is 201 Å². The van der Waals surface area contributed by atoms with Crippen LogP contribution in [-0.2, 0) is 27.2 Å². The third-order valence-corrected chi connectivity index (χ3v) is 6.75. The van der Waals surface area contributed by atoms with Crippen LogP contribution in [0.15, 0.2) is 34.8 Å². The summed E-state index contributed by atoms with van der Waals surface area (Å²) in [5.41, 5.74) is 3.03. The normalized spacial score (nSPS) is 19.2. The topological polar surface area (TPSA) is 53.4 Å². The van der Waals surface area contributed by atoms with E-state index in [2.05, 4.69) is 51.8 Å². The van der Waals surface area contributed by atoms with Gasteiger partial charge in [-0.25, -0.2) is 4.79 Å². The first kappa shape index (κ1) is 25.0. The Kier molecular flexibility index (Phi) is 8.95. The molecule has 176 valence electrons. The minimum absolute atomic E-state index is 0.0428. The summed E-state index contributed by atoms with van der Waals surface area (Å²) in [5.74, 6) is 0.865. The van der Waals surface area contributed by atoms with E-state index in [9.17, 15) is 4.79 Å². The summed E-state index contributed by atoms with van der Waals surface area (Å²) in [5, 5.41) is 5.00. The third-order valence-electron chi connectivity index (χ3n) is 5.92. The van der Waals surface area contributed by atoms with Crippen LogP contribution in [-0.4, -0.2) is 34.6 Å². The fourth-order valence-electron chi connectivity index (χ4n) is 4.39. The van der Waals surface area contributed by atoms with Gasteiger partial charge in [-0.15, -0.1) is 0 Å². The minimum Gasteiger partial charge on any atom is -0.458 e. The molecule has 2 aromatic rings. The summed E-state index contributed by atoms with van der Waals surface area (Å²) in [6, 6.07) is 10.4. The molecule has 6 heteroatoms. The van der Waals surface area contributed by atoms with Gasteiger partial charge in [0, 0.05) is 12.1 Å². The lowest BCUT2D eigenvalue weighted by Crippen LogP contribution is -2.28. The van der Waals surface area contributed by atoms with E-state index in [1.165, 1.54) is 18.5 Å². The number of benzene rings is 1. The molecule has 5 nitrogen and oxygen atoms in total. The standard InChI is InChI=1S/C26H37BrN2O3/c1-5-9-22-24(27)25(21-10-7-6-8-11-21)28-29(22)16-19-12-14-20(15-13-19)17-31-18-23(30)32-26(2,3)4/h6-8,10-11,19-20H,5,9,12-18H2,1-4H3. The third kappa shape index (κ3) is 7.17. The van der Waals surface area contributed by atoms with E-state index in [1.54, 1.807) is 0 Å². The van der Waals surface area contributed by atoms with Crippen molar-refractivity contribution in [2.24, 2.45) is 11.8 Å². The molecular formula is C26H37BrN2O3. The zero-order valence-corrected chi connectivity index (χ0v) is 21.5. The Hall–Kier alpha value is -1.66. The van der Waals surface area contributed by atoms with Gasteiger partial charge in [0.2, 0.25) is 0 Å². The van der Waals surface area contributed by atoms with E-state index in [4.69, 9.17) is 14.6 Å². The average Bonchev–Trinajstić information content (AvgIpc) is 3.04. The van der Waals surface area contributed by atoms with Gasteiger partial charge in [0.05, 0.1) is 16.8 Å². The number of carbonyl (C=O) groups is 1. The number of rotatable bonds is 9. The second kappa shape index (κ2) is 11.5. The maximum Gasteiger partial charge on any atom is 0.332 e. The molecule has 1 fully saturated rings. The Bertz CT molecular complexity index is 865. The zero-order chi connectivity index (χ0) is 23.1. The number of halogens is 1. The van der Waals surface area contributed by atoms with Crippen LogP contribution in [0.4, 0.5) is 0 Å². The molecule has 1 aromatic heterocycles. The first-order valence-corrected chi connectivity index (χ1v) is 12.7. The second-order valence-electron chi connectivity index (χ2n) is 9.90. The van der Waals surface area contributed by atoms with Crippen molar-refractivity contribution in [2.75, 3.05) is 13.2 Å². The molecule has 32 heavy (non-hydrogen) atoms. The van der Waals surface area contributed by atoms with E-state index >= 15 is 0 Å². The maximum atomic E-state index is 11.8. The predicted octanol–water partition coefficient (Wildman–Crippen LogP) is 6.43. The van der Waals surface area contributed by atoms with Gasteiger partial charge in [-0.3, -0.25) is 4.68 Å². The van der Waals surface area contributed by atoms with Crippen molar-refractivity contribution in [1.29, 1.82) is 0 Å². The highest BCUT2D eigenvalue weighted by atomic mass is 79.9. The van der Waals surface area contributed by atoms with E-state index in [0.717, 1.165) is 48.0 Å². The number of hydrogen-bond acceptors (Lipinski definition) is 4. The van der Waals surface area contributed by atoms with E-state index in [-0.39, 0.29) is 12.6 Å². The van der Waals surface area contributed by atoms with Crippen LogP contribution in [0, 0.1) is 11.8 Å².